The molecular weight excluding hydrogens is 358 g/mol. The third-order valence-electron chi connectivity index (χ3n) is 6.93. The van der Waals surface area contributed by atoms with Gasteiger partial charge < -0.3 is 9.80 Å². The maximum atomic E-state index is 13.1. The summed E-state index contributed by atoms with van der Waals surface area (Å²) in [6.07, 6.45) is 6.21. The highest BCUT2D eigenvalue weighted by molar-refractivity contribution is 5.99. The van der Waals surface area contributed by atoms with Crippen molar-refractivity contribution in [2.75, 3.05) is 31.1 Å². The van der Waals surface area contributed by atoms with Crippen LogP contribution in [0.15, 0.2) is 48.5 Å². The van der Waals surface area contributed by atoms with E-state index < -0.39 is 0 Å². The standard InChI is InChI=1S/C25H31N3O/c29-25-24-17-23(12-11-21(24)19-28(25)22-9-5-2-6-10-22)27-15-13-26(14-16-27)18-20-7-3-1-4-8-20/h1,3-4,7-8,11-12,17,22H,2,5-6,9-10,13-16,18-19H2. The van der Waals surface area contributed by atoms with Crippen LogP contribution in [0.4, 0.5) is 5.69 Å². The number of carbonyl (C=O) groups is 1. The second kappa shape index (κ2) is 8.19. The van der Waals surface area contributed by atoms with Crippen molar-refractivity contribution in [1.29, 1.82) is 0 Å². The van der Waals surface area contributed by atoms with Crippen molar-refractivity contribution in [2.45, 2.75) is 51.2 Å². The van der Waals surface area contributed by atoms with E-state index in [2.05, 4.69) is 63.2 Å². The van der Waals surface area contributed by atoms with Gasteiger partial charge in [0.1, 0.15) is 0 Å². The van der Waals surface area contributed by atoms with Crippen LogP contribution in [0, 0.1) is 0 Å². The molecule has 2 heterocycles. The number of fused-ring (bicyclic) bond motifs is 1. The quantitative estimate of drug-likeness (QED) is 0.780. The van der Waals surface area contributed by atoms with Gasteiger partial charge in [-0.25, -0.2) is 0 Å². The van der Waals surface area contributed by atoms with E-state index in [0.717, 1.165) is 44.8 Å². The normalized spacial score (nSPS) is 20.9. The Kier molecular flexibility index (Phi) is 5.28. The summed E-state index contributed by atoms with van der Waals surface area (Å²) in [7, 11) is 0. The monoisotopic (exact) mass is 389 g/mol. The summed E-state index contributed by atoms with van der Waals surface area (Å²) in [5, 5.41) is 0. The van der Waals surface area contributed by atoms with Crippen LogP contribution in [-0.4, -0.2) is 47.9 Å². The number of piperazine rings is 1. The van der Waals surface area contributed by atoms with Gasteiger partial charge in [0.25, 0.3) is 5.91 Å². The number of benzene rings is 2. The Hall–Kier alpha value is -2.33. The van der Waals surface area contributed by atoms with Crippen molar-refractivity contribution >= 4 is 11.6 Å². The molecule has 3 aliphatic rings. The molecule has 0 spiro atoms. The zero-order valence-electron chi connectivity index (χ0n) is 17.2. The predicted molar refractivity (Wildman–Crippen MR) is 117 cm³/mol. The number of rotatable bonds is 4. The second-order valence-corrected chi connectivity index (χ2v) is 8.82. The Labute approximate surface area is 174 Å². The molecule has 1 saturated carbocycles. The summed E-state index contributed by atoms with van der Waals surface area (Å²) in [5.41, 5.74) is 4.75. The number of hydrogen-bond donors (Lipinski definition) is 0. The van der Waals surface area contributed by atoms with E-state index in [1.54, 1.807) is 0 Å². The van der Waals surface area contributed by atoms with Crippen LogP contribution in [0.2, 0.25) is 0 Å². The first-order chi connectivity index (χ1) is 14.3. The minimum Gasteiger partial charge on any atom is -0.369 e. The molecule has 0 radical (unpaired) electrons. The number of anilines is 1. The molecule has 2 aliphatic heterocycles. The number of carbonyl (C=O) groups excluding carboxylic acids is 1. The largest absolute Gasteiger partial charge is 0.369 e. The fraction of sp³-hybridized carbons (Fsp3) is 0.480. The number of hydrogen-bond acceptors (Lipinski definition) is 3. The molecule has 0 N–H and O–H groups in total. The van der Waals surface area contributed by atoms with Gasteiger partial charge in [-0.15, -0.1) is 0 Å². The summed E-state index contributed by atoms with van der Waals surface area (Å²) in [5.74, 6) is 0.261. The minimum absolute atomic E-state index is 0.261. The smallest absolute Gasteiger partial charge is 0.254 e. The molecule has 5 rings (SSSR count). The lowest BCUT2D eigenvalue weighted by atomic mass is 9.94. The van der Waals surface area contributed by atoms with Crippen LogP contribution >= 0.6 is 0 Å². The Morgan fingerprint density at radius 1 is 0.862 bits per heavy atom. The fourth-order valence-corrected chi connectivity index (χ4v) is 5.20. The third kappa shape index (κ3) is 3.91. The topological polar surface area (TPSA) is 26.8 Å². The zero-order valence-corrected chi connectivity index (χ0v) is 17.2. The SMILES string of the molecule is O=C1c2cc(N3CCN(Cc4ccccc4)CC3)ccc2CN1C1CCCCC1. The van der Waals surface area contributed by atoms with Crippen LogP contribution in [0.25, 0.3) is 0 Å². The Balaban J connectivity index is 1.23. The molecule has 0 aromatic heterocycles. The molecule has 4 heteroatoms. The molecule has 1 saturated heterocycles. The van der Waals surface area contributed by atoms with E-state index in [1.165, 1.54) is 48.9 Å². The first-order valence-electron chi connectivity index (χ1n) is 11.2. The summed E-state index contributed by atoms with van der Waals surface area (Å²) in [4.78, 5) is 20.2. The van der Waals surface area contributed by atoms with Crippen molar-refractivity contribution in [1.82, 2.24) is 9.80 Å². The maximum Gasteiger partial charge on any atom is 0.254 e. The highest BCUT2D eigenvalue weighted by Crippen LogP contribution is 2.33. The molecule has 0 atom stereocenters. The van der Waals surface area contributed by atoms with Gasteiger partial charge in [-0.3, -0.25) is 9.69 Å². The second-order valence-electron chi connectivity index (χ2n) is 8.82. The third-order valence-corrected chi connectivity index (χ3v) is 6.93. The van der Waals surface area contributed by atoms with Crippen molar-refractivity contribution in [2.24, 2.45) is 0 Å². The average Bonchev–Trinajstić information content (AvgIpc) is 3.12. The molecule has 4 nitrogen and oxygen atoms in total. The van der Waals surface area contributed by atoms with Gasteiger partial charge in [-0.1, -0.05) is 55.7 Å². The molecule has 1 aliphatic carbocycles. The van der Waals surface area contributed by atoms with Crippen LogP contribution in [-0.2, 0) is 13.1 Å². The van der Waals surface area contributed by atoms with Gasteiger partial charge in [-0.2, -0.15) is 0 Å². The van der Waals surface area contributed by atoms with Crippen molar-refractivity contribution in [3.05, 3.63) is 65.2 Å². The van der Waals surface area contributed by atoms with Gasteiger partial charge in [0, 0.05) is 56.6 Å². The molecule has 152 valence electrons. The minimum atomic E-state index is 0.261. The molecule has 2 fully saturated rings. The predicted octanol–water partition coefficient (Wildman–Crippen LogP) is 4.30. The van der Waals surface area contributed by atoms with E-state index in [1.807, 2.05) is 0 Å². The van der Waals surface area contributed by atoms with Crippen LogP contribution in [0.3, 0.4) is 0 Å². The van der Waals surface area contributed by atoms with Crippen LogP contribution < -0.4 is 4.90 Å². The van der Waals surface area contributed by atoms with Crippen molar-refractivity contribution in [3.63, 3.8) is 0 Å². The van der Waals surface area contributed by atoms with Gasteiger partial charge in [0.05, 0.1) is 0 Å². The van der Waals surface area contributed by atoms with Crippen molar-refractivity contribution in [3.8, 4) is 0 Å². The van der Waals surface area contributed by atoms with Gasteiger partial charge >= 0.3 is 0 Å². The van der Waals surface area contributed by atoms with E-state index in [4.69, 9.17) is 0 Å². The molecule has 0 bridgehead atoms. The summed E-state index contributed by atoms with van der Waals surface area (Å²) in [6, 6.07) is 17.7. The van der Waals surface area contributed by atoms with E-state index in [-0.39, 0.29) is 5.91 Å². The average molecular weight is 390 g/mol. The molecule has 29 heavy (non-hydrogen) atoms. The van der Waals surface area contributed by atoms with Crippen molar-refractivity contribution < 1.29 is 4.79 Å². The summed E-state index contributed by atoms with van der Waals surface area (Å²) >= 11 is 0. The first kappa shape index (κ1) is 18.7. The van der Waals surface area contributed by atoms with E-state index in [9.17, 15) is 4.79 Å². The highest BCUT2D eigenvalue weighted by atomic mass is 16.2. The van der Waals surface area contributed by atoms with Gasteiger partial charge in [-0.05, 0) is 36.1 Å². The molecule has 1 amide bonds. The maximum absolute atomic E-state index is 13.1. The van der Waals surface area contributed by atoms with Crippen LogP contribution in [0.5, 0.6) is 0 Å². The van der Waals surface area contributed by atoms with Crippen LogP contribution in [0.1, 0.15) is 53.6 Å². The lowest BCUT2D eigenvalue weighted by Gasteiger charge is -2.36. The lowest BCUT2D eigenvalue weighted by Crippen LogP contribution is -2.46. The Bertz CT molecular complexity index is 852. The van der Waals surface area contributed by atoms with Gasteiger partial charge in [0.15, 0.2) is 0 Å². The first-order valence-corrected chi connectivity index (χ1v) is 11.2. The molecule has 0 unspecified atom stereocenters. The number of nitrogens with zero attached hydrogens (tertiary/aromatic N) is 3. The van der Waals surface area contributed by atoms with Gasteiger partial charge in [0.2, 0.25) is 0 Å². The summed E-state index contributed by atoms with van der Waals surface area (Å²) < 4.78 is 0. The molecular formula is C25H31N3O. The molecule has 2 aromatic carbocycles. The Morgan fingerprint density at radius 3 is 2.38 bits per heavy atom. The lowest BCUT2D eigenvalue weighted by molar-refractivity contribution is 0.0660. The van der Waals surface area contributed by atoms with E-state index >= 15 is 0 Å². The highest BCUT2D eigenvalue weighted by Gasteiger charge is 2.33. The molecule has 2 aromatic rings. The number of amides is 1. The zero-order chi connectivity index (χ0) is 19.6. The fourth-order valence-electron chi connectivity index (χ4n) is 5.20. The Morgan fingerprint density at radius 2 is 1.62 bits per heavy atom. The van der Waals surface area contributed by atoms with E-state index in [0.29, 0.717) is 6.04 Å². The summed E-state index contributed by atoms with van der Waals surface area (Å²) in [6.45, 7) is 6.00.